The summed E-state index contributed by atoms with van der Waals surface area (Å²) in [4.78, 5) is 27.1. The number of carbonyl (C=O) groups is 2. The van der Waals surface area contributed by atoms with Crippen LogP contribution >= 0.6 is 0 Å². The van der Waals surface area contributed by atoms with E-state index in [1.165, 1.54) is 17.7 Å². The van der Waals surface area contributed by atoms with Crippen LogP contribution in [0.3, 0.4) is 0 Å². The fourth-order valence-corrected chi connectivity index (χ4v) is 3.79. The van der Waals surface area contributed by atoms with E-state index >= 15 is 0 Å². The zero-order valence-corrected chi connectivity index (χ0v) is 16.7. The molecule has 4 heteroatoms. The highest BCUT2D eigenvalue weighted by atomic mass is 19.1. The maximum Gasteiger partial charge on any atom is 0.226 e. The predicted molar refractivity (Wildman–Crippen MR) is 109 cm³/mol. The number of halogens is 1. The van der Waals surface area contributed by atoms with Crippen LogP contribution in [0.15, 0.2) is 48.5 Å². The summed E-state index contributed by atoms with van der Waals surface area (Å²) in [5.74, 6) is 0.495. The monoisotopic (exact) mass is 381 g/mol. The fraction of sp³-hybridized carbons (Fsp3) is 0.417. The van der Waals surface area contributed by atoms with E-state index in [0.717, 1.165) is 17.5 Å². The van der Waals surface area contributed by atoms with E-state index in [-0.39, 0.29) is 29.8 Å². The lowest BCUT2D eigenvalue weighted by molar-refractivity contribution is -0.131. The van der Waals surface area contributed by atoms with Gasteiger partial charge in [-0.3, -0.25) is 9.59 Å². The van der Waals surface area contributed by atoms with Gasteiger partial charge in [-0.05, 0) is 48.4 Å². The van der Waals surface area contributed by atoms with E-state index in [0.29, 0.717) is 31.8 Å². The van der Waals surface area contributed by atoms with Crippen molar-refractivity contribution >= 4 is 11.7 Å². The quantitative estimate of drug-likeness (QED) is 0.681. The van der Waals surface area contributed by atoms with Gasteiger partial charge in [0.2, 0.25) is 5.91 Å². The third-order valence-corrected chi connectivity index (χ3v) is 5.37. The first kappa shape index (κ1) is 20.2. The minimum absolute atomic E-state index is 0.0224. The molecular formula is C24H28FNO2. The molecule has 148 valence electrons. The Morgan fingerprint density at radius 1 is 0.964 bits per heavy atom. The number of rotatable bonds is 6. The maximum atomic E-state index is 13.0. The average molecular weight is 381 g/mol. The number of piperidine rings is 1. The third-order valence-electron chi connectivity index (χ3n) is 5.37. The molecule has 0 radical (unpaired) electrons. The van der Waals surface area contributed by atoms with Crippen molar-refractivity contribution in [3.8, 4) is 0 Å². The Kier molecular flexibility index (Phi) is 6.61. The molecule has 1 saturated heterocycles. The van der Waals surface area contributed by atoms with Gasteiger partial charge in [0.15, 0.2) is 5.78 Å². The number of hydrogen-bond acceptors (Lipinski definition) is 2. The molecule has 1 amide bonds. The number of nitrogens with zero attached hydrogens (tertiary/aromatic N) is 1. The topological polar surface area (TPSA) is 37.4 Å². The Balaban J connectivity index is 1.52. The van der Waals surface area contributed by atoms with Gasteiger partial charge in [-0.15, -0.1) is 0 Å². The third kappa shape index (κ3) is 5.28. The molecule has 0 aromatic heterocycles. The summed E-state index contributed by atoms with van der Waals surface area (Å²) in [6.45, 7) is 5.57. The van der Waals surface area contributed by atoms with Crippen LogP contribution < -0.4 is 0 Å². The van der Waals surface area contributed by atoms with Crippen molar-refractivity contribution in [2.75, 3.05) is 13.1 Å². The van der Waals surface area contributed by atoms with Gasteiger partial charge in [0.1, 0.15) is 5.82 Å². The molecule has 0 N–H and O–H groups in total. The summed E-state index contributed by atoms with van der Waals surface area (Å²) >= 11 is 0. The minimum Gasteiger partial charge on any atom is -0.342 e. The van der Waals surface area contributed by atoms with Crippen LogP contribution in [0.5, 0.6) is 0 Å². The lowest BCUT2D eigenvalue weighted by Gasteiger charge is -2.31. The Morgan fingerprint density at radius 2 is 1.54 bits per heavy atom. The Morgan fingerprint density at radius 3 is 2.11 bits per heavy atom. The summed E-state index contributed by atoms with van der Waals surface area (Å²) in [5, 5.41) is 0. The van der Waals surface area contributed by atoms with Crippen LogP contribution in [0.1, 0.15) is 48.2 Å². The molecule has 0 unspecified atom stereocenters. The molecule has 2 aromatic rings. The Labute approximate surface area is 166 Å². The normalized spacial score (nSPS) is 15.1. The van der Waals surface area contributed by atoms with Gasteiger partial charge in [-0.25, -0.2) is 4.39 Å². The second-order valence-electron chi connectivity index (χ2n) is 8.12. The van der Waals surface area contributed by atoms with Crippen LogP contribution in [0.4, 0.5) is 4.39 Å². The van der Waals surface area contributed by atoms with Crippen molar-refractivity contribution < 1.29 is 14.0 Å². The van der Waals surface area contributed by atoms with Crippen LogP contribution in [-0.2, 0) is 17.6 Å². The number of ketones is 1. The van der Waals surface area contributed by atoms with E-state index < -0.39 is 0 Å². The molecule has 1 fully saturated rings. The van der Waals surface area contributed by atoms with Crippen molar-refractivity contribution in [3.63, 3.8) is 0 Å². The number of hydrogen-bond donors (Lipinski definition) is 0. The molecule has 1 heterocycles. The molecule has 0 atom stereocenters. The van der Waals surface area contributed by atoms with E-state index in [1.807, 2.05) is 17.0 Å². The van der Waals surface area contributed by atoms with Crippen LogP contribution in [0, 0.1) is 17.7 Å². The lowest BCUT2D eigenvalue weighted by Crippen LogP contribution is -2.41. The second kappa shape index (κ2) is 9.13. The first-order valence-corrected chi connectivity index (χ1v) is 10.1. The van der Waals surface area contributed by atoms with E-state index in [9.17, 15) is 14.0 Å². The first-order chi connectivity index (χ1) is 13.4. The molecule has 3 nitrogen and oxygen atoms in total. The first-order valence-electron chi connectivity index (χ1n) is 10.1. The highest BCUT2D eigenvalue weighted by molar-refractivity contribution is 5.98. The standard InChI is InChI=1S/C24H28FNO2/c1-17(2)15-18-3-7-20(8-4-18)24(28)21-11-13-26(14-12-21)23(27)16-19-5-9-22(25)10-6-19/h3-10,17,21H,11-16H2,1-2H3. The predicted octanol–water partition coefficient (Wildman–Crippen LogP) is 4.69. The summed E-state index contributed by atoms with van der Waals surface area (Å²) in [5.41, 5.74) is 2.84. The van der Waals surface area contributed by atoms with E-state index in [4.69, 9.17) is 0 Å². The molecule has 2 aromatic carbocycles. The van der Waals surface area contributed by atoms with Crippen LogP contribution in [-0.4, -0.2) is 29.7 Å². The second-order valence-corrected chi connectivity index (χ2v) is 8.12. The van der Waals surface area contributed by atoms with Gasteiger partial charge in [0.05, 0.1) is 6.42 Å². The molecule has 1 aliphatic heterocycles. The number of likely N-dealkylation sites (tertiary alicyclic amines) is 1. The van der Waals surface area contributed by atoms with Gasteiger partial charge in [0.25, 0.3) is 0 Å². The van der Waals surface area contributed by atoms with Crippen molar-refractivity contribution in [2.24, 2.45) is 11.8 Å². The zero-order valence-electron chi connectivity index (χ0n) is 16.7. The maximum absolute atomic E-state index is 13.0. The summed E-state index contributed by atoms with van der Waals surface area (Å²) < 4.78 is 13.0. The van der Waals surface area contributed by atoms with Crippen LogP contribution in [0.2, 0.25) is 0 Å². The fourth-order valence-electron chi connectivity index (χ4n) is 3.79. The highest BCUT2D eigenvalue weighted by Gasteiger charge is 2.27. The lowest BCUT2D eigenvalue weighted by atomic mass is 9.88. The largest absolute Gasteiger partial charge is 0.342 e. The number of amides is 1. The molecule has 3 rings (SSSR count). The molecule has 0 saturated carbocycles. The van der Waals surface area contributed by atoms with Gasteiger partial charge >= 0.3 is 0 Å². The smallest absolute Gasteiger partial charge is 0.226 e. The average Bonchev–Trinajstić information content (AvgIpc) is 2.69. The van der Waals surface area contributed by atoms with E-state index in [1.54, 1.807) is 12.1 Å². The molecular weight excluding hydrogens is 353 g/mol. The van der Waals surface area contributed by atoms with Crippen LogP contribution in [0.25, 0.3) is 0 Å². The molecule has 28 heavy (non-hydrogen) atoms. The Bertz CT molecular complexity index is 804. The van der Waals surface area contributed by atoms with Crippen molar-refractivity contribution in [1.82, 2.24) is 4.90 Å². The van der Waals surface area contributed by atoms with Gasteiger partial charge in [-0.2, -0.15) is 0 Å². The van der Waals surface area contributed by atoms with Gasteiger partial charge in [0, 0.05) is 24.6 Å². The summed E-state index contributed by atoms with van der Waals surface area (Å²) in [6, 6.07) is 14.0. The molecule has 0 spiro atoms. The van der Waals surface area contributed by atoms with Gasteiger partial charge < -0.3 is 4.90 Å². The SMILES string of the molecule is CC(C)Cc1ccc(C(=O)C2CCN(C(=O)Cc3ccc(F)cc3)CC2)cc1. The number of carbonyl (C=O) groups excluding carboxylic acids is 2. The molecule has 0 bridgehead atoms. The minimum atomic E-state index is -0.298. The summed E-state index contributed by atoms with van der Waals surface area (Å²) in [6.07, 6.45) is 2.68. The van der Waals surface area contributed by atoms with E-state index in [2.05, 4.69) is 26.0 Å². The van der Waals surface area contributed by atoms with Crippen molar-refractivity contribution in [3.05, 3.63) is 71.0 Å². The number of benzene rings is 2. The number of Topliss-reactive ketones (excluding diaryl/α,β-unsaturated/α-hetero) is 1. The summed E-state index contributed by atoms with van der Waals surface area (Å²) in [7, 11) is 0. The van der Waals surface area contributed by atoms with Crippen molar-refractivity contribution in [2.45, 2.75) is 39.5 Å². The Hall–Kier alpha value is -2.49. The van der Waals surface area contributed by atoms with Crippen molar-refractivity contribution in [1.29, 1.82) is 0 Å². The molecule has 0 aliphatic carbocycles. The zero-order chi connectivity index (χ0) is 20.1. The highest BCUT2D eigenvalue weighted by Crippen LogP contribution is 2.23. The molecule has 1 aliphatic rings. The van der Waals surface area contributed by atoms with Gasteiger partial charge in [-0.1, -0.05) is 50.2 Å².